The predicted octanol–water partition coefficient (Wildman–Crippen LogP) is 6.06. The number of nitrogens with zero attached hydrogens (tertiary/aromatic N) is 1. The molecule has 3 aromatic carbocycles. The van der Waals surface area contributed by atoms with Crippen LogP contribution in [0.15, 0.2) is 66.7 Å². The number of carboxylic acid groups (broad SMARTS) is 1. The van der Waals surface area contributed by atoms with Crippen molar-refractivity contribution in [1.82, 2.24) is 0 Å². The predicted molar refractivity (Wildman–Crippen MR) is 131 cm³/mol. The highest BCUT2D eigenvalue weighted by Gasteiger charge is 2.44. The normalized spacial score (nSPS) is 12.6. The number of nitrogens with two attached hydrogens (primary N) is 1. The fraction of sp³-hybridized carbons (Fsp3) is 0.167. The standard InChI is InChI=1S/C24H20Cl3FN2O4/c25-18-7-4-8-21(28)17(18)12-24(22(31)32,14-34-16-5-2-1-3-6-16)13-30(23(29)33)15-9-10-19(26)20(27)11-15/h1-11H,12-14H2,(H2,29,33)(H,31,32). The summed E-state index contributed by atoms with van der Waals surface area (Å²) in [5.74, 6) is -1.63. The fourth-order valence-corrected chi connectivity index (χ4v) is 3.91. The van der Waals surface area contributed by atoms with Crippen molar-refractivity contribution in [1.29, 1.82) is 0 Å². The first-order valence-corrected chi connectivity index (χ1v) is 11.1. The van der Waals surface area contributed by atoms with Crippen molar-refractivity contribution in [2.24, 2.45) is 11.1 Å². The van der Waals surface area contributed by atoms with Crippen LogP contribution in [-0.2, 0) is 11.2 Å². The van der Waals surface area contributed by atoms with Gasteiger partial charge in [0.05, 0.1) is 10.0 Å². The van der Waals surface area contributed by atoms with E-state index in [4.69, 9.17) is 45.3 Å². The first-order chi connectivity index (χ1) is 16.1. The average molecular weight is 526 g/mol. The van der Waals surface area contributed by atoms with Crippen molar-refractivity contribution in [3.8, 4) is 5.75 Å². The van der Waals surface area contributed by atoms with E-state index in [1.165, 1.54) is 36.4 Å². The molecule has 0 aliphatic rings. The molecule has 0 bridgehead atoms. The lowest BCUT2D eigenvalue weighted by atomic mass is 9.81. The first kappa shape index (κ1) is 25.6. The third kappa shape index (κ3) is 5.91. The van der Waals surface area contributed by atoms with Crippen LogP contribution in [0.2, 0.25) is 15.1 Å². The number of carbonyl (C=O) groups excluding carboxylic acids is 1. The van der Waals surface area contributed by atoms with Gasteiger partial charge >= 0.3 is 12.0 Å². The number of para-hydroxylation sites is 1. The Bertz CT molecular complexity index is 1180. The maximum Gasteiger partial charge on any atom is 0.319 e. The zero-order chi connectivity index (χ0) is 24.9. The zero-order valence-electron chi connectivity index (χ0n) is 17.7. The van der Waals surface area contributed by atoms with E-state index in [1.807, 2.05) is 0 Å². The highest BCUT2D eigenvalue weighted by atomic mass is 35.5. The summed E-state index contributed by atoms with van der Waals surface area (Å²) >= 11 is 18.3. The van der Waals surface area contributed by atoms with E-state index in [0.29, 0.717) is 5.75 Å². The highest BCUT2D eigenvalue weighted by Crippen LogP contribution is 2.34. The Morgan fingerprint density at radius 2 is 1.68 bits per heavy atom. The molecule has 0 saturated carbocycles. The Hall–Kier alpha value is -3.00. The van der Waals surface area contributed by atoms with Gasteiger partial charge in [0.1, 0.15) is 23.6 Å². The molecule has 3 rings (SSSR count). The molecule has 3 aromatic rings. The van der Waals surface area contributed by atoms with Crippen LogP contribution in [0.3, 0.4) is 0 Å². The summed E-state index contributed by atoms with van der Waals surface area (Å²) in [5.41, 5.74) is 3.95. The maximum absolute atomic E-state index is 14.7. The van der Waals surface area contributed by atoms with Gasteiger partial charge in [-0.1, -0.05) is 59.1 Å². The molecule has 178 valence electrons. The van der Waals surface area contributed by atoms with Gasteiger partial charge in [-0.25, -0.2) is 9.18 Å². The largest absolute Gasteiger partial charge is 0.492 e. The Kier molecular flexibility index (Phi) is 8.25. The number of rotatable bonds is 9. The van der Waals surface area contributed by atoms with Crippen molar-refractivity contribution in [2.75, 3.05) is 18.1 Å². The summed E-state index contributed by atoms with van der Waals surface area (Å²) in [5, 5.41) is 10.8. The van der Waals surface area contributed by atoms with Crippen LogP contribution < -0.4 is 15.4 Å². The zero-order valence-corrected chi connectivity index (χ0v) is 19.9. The first-order valence-electron chi connectivity index (χ1n) is 9.99. The van der Waals surface area contributed by atoms with E-state index in [0.717, 1.165) is 4.90 Å². The molecule has 0 saturated heterocycles. The molecule has 0 aromatic heterocycles. The summed E-state index contributed by atoms with van der Waals surface area (Å²) in [7, 11) is 0. The molecule has 3 N–H and O–H groups in total. The summed E-state index contributed by atoms with van der Waals surface area (Å²) < 4.78 is 20.4. The van der Waals surface area contributed by atoms with Gasteiger partial charge in [0.25, 0.3) is 0 Å². The van der Waals surface area contributed by atoms with Crippen LogP contribution in [-0.4, -0.2) is 30.3 Å². The molecule has 10 heteroatoms. The van der Waals surface area contributed by atoms with Gasteiger partial charge in [-0.2, -0.15) is 0 Å². The molecule has 0 spiro atoms. The topological polar surface area (TPSA) is 92.9 Å². The second kappa shape index (κ2) is 11.0. The van der Waals surface area contributed by atoms with Gasteiger partial charge < -0.3 is 15.6 Å². The van der Waals surface area contributed by atoms with Crippen LogP contribution >= 0.6 is 34.8 Å². The summed E-state index contributed by atoms with van der Waals surface area (Å²) in [4.78, 5) is 26.1. The number of hydrogen-bond donors (Lipinski definition) is 2. The van der Waals surface area contributed by atoms with Crippen LogP contribution in [0, 0.1) is 11.2 Å². The lowest BCUT2D eigenvalue weighted by Gasteiger charge is -2.35. The van der Waals surface area contributed by atoms with Gasteiger partial charge in [0, 0.05) is 22.8 Å². The number of aliphatic carboxylic acids is 1. The summed E-state index contributed by atoms with van der Waals surface area (Å²) in [6.45, 7) is -0.880. The molecule has 0 aliphatic carbocycles. The highest BCUT2D eigenvalue weighted by molar-refractivity contribution is 6.42. The molecule has 2 amide bonds. The van der Waals surface area contributed by atoms with Gasteiger partial charge in [0.2, 0.25) is 0 Å². The minimum Gasteiger partial charge on any atom is -0.492 e. The van der Waals surface area contributed by atoms with Crippen LogP contribution in [0.4, 0.5) is 14.9 Å². The molecule has 1 atom stereocenters. The SMILES string of the molecule is NC(=O)N(CC(COc1ccccc1)(Cc1c(F)cccc1Cl)C(=O)O)c1ccc(Cl)c(Cl)c1. The van der Waals surface area contributed by atoms with E-state index in [-0.39, 0.29) is 32.7 Å². The number of carboxylic acids is 1. The molecule has 0 fully saturated rings. The Labute approximate surface area is 210 Å². The van der Waals surface area contributed by atoms with Gasteiger partial charge in [-0.3, -0.25) is 9.69 Å². The second-order valence-electron chi connectivity index (χ2n) is 7.59. The van der Waals surface area contributed by atoms with Crippen LogP contribution in [0.5, 0.6) is 5.75 Å². The number of hydrogen-bond acceptors (Lipinski definition) is 3. The summed E-state index contributed by atoms with van der Waals surface area (Å²) in [6.07, 6.45) is -0.383. The van der Waals surface area contributed by atoms with Crippen molar-refractivity contribution in [2.45, 2.75) is 6.42 Å². The van der Waals surface area contributed by atoms with Crippen molar-refractivity contribution in [3.05, 3.63) is 93.2 Å². The molecular formula is C24H20Cl3FN2O4. The number of amides is 2. The minimum absolute atomic E-state index is 0.0261. The van der Waals surface area contributed by atoms with E-state index < -0.39 is 36.4 Å². The minimum atomic E-state index is -1.84. The van der Waals surface area contributed by atoms with E-state index in [1.54, 1.807) is 30.3 Å². The monoisotopic (exact) mass is 524 g/mol. The van der Waals surface area contributed by atoms with Crippen LogP contribution in [0.1, 0.15) is 5.56 Å². The molecule has 0 radical (unpaired) electrons. The molecule has 1 unspecified atom stereocenters. The van der Waals surface area contributed by atoms with Crippen LogP contribution in [0.25, 0.3) is 0 Å². The lowest BCUT2D eigenvalue weighted by Crippen LogP contribution is -2.52. The molecular weight excluding hydrogens is 506 g/mol. The van der Waals surface area contributed by atoms with E-state index >= 15 is 0 Å². The van der Waals surface area contributed by atoms with Crippen molar-refractivity contribution < 1.29 is 23.8 Å². The Morgan fingerprint density at radius 1 is 0.971 bits per heavy atom. The average Bonchev–Trinajstić information content (AvgIpc) is 2.80. The van der Waals surface area contributed by atoms with Crippen molar-refractivity contribution in [3.63, 3.8) is 0 Å². The number of carbonyl (C=O) groups is 2. The quantitative estimate of drug-likeness (QED) is 0.355. The number of halogens is 4. The Morgan fingerprint density at radius 3 is 2.26 bits per heavy atom. The number of primary amides is 1. The smallest absolute Gasteiger partial charge is 0.319 e. The van der Waals surface area contributed by atoms with Gasteiger partial charge in [0.15, 0.2) is 0 Å². The van der Waals surface area contributed by atoms with E-state index in [2.05, 4.69) is 0 Å². The maximum atomic E-state index is 14.7. The molecule has 6 nitrogen and oxygen atoms in total. The number of urea groups is 1. The lowest BCUT2D eigenvalue weighted by molar-refractivity contribution is -0.150. The summed E-state index contributed by atoms with van der Waals surface area (Å²) in [6, 6.07) is 15.9. The Balaban J connectivity index is 2.07. The number of ether oxygens (including phenoxy) is 1. The molecule has 0 heterocycles. The number of anilines is 1. The molecule has 0 aliphatic heterocycles. The fourth-order valence-electron chi connectivity index (χ4n) is 3.39. The van der Waals surface area contributed by atoms with Gasteiger partial charge in [-0.15, -0.1) is 0 Å². The third-order valence-corrected chi connectivity index (χ3v) is 6.32. The molecule has 34 heavy (non-hydrogen) atoms. The third-order valence-electron chi connectivity index (χ3n) is 5.23. The second-order valence-corrected chi connectivity index (χ2v) is 8.81. The van der Waals surface area contributed by atoms with Gasteiger partial charge in [-0.05, 0) is 48.9 Å². The van der Waals surface area contributed by atoms with Crippen molar-refractivity contribution >= 4 is 52.5 Å². The van der Waals surface area contributed by atoms with E-state index in [9.17, 15) is 19.1 Å². The number of benzene rings is 3.